The molecule has 31 heavy (non-hydrogen) atoms. The number of hydrogen-bond donors (Lipinski definition) is 1. The van der Waals surface area contributed by atoms with Crippen molar-refractivity contribution in [3.05, 3.63) is 78.0 Å². The van der Waals surface area contributed by atoms with Gasteiger partial charge in [0.25, 0.3) is 5.91 Å². The van der Waals surface area contributed by atoms with Crippen LogP contribution in [0.25, 0.3) is 0 Å². The number of hydrogen-bond acceptors (Lipinski definition) is 6. The zero-order chi connectivity index (χ0) is 22.1. The highest BCUT2D eigenvalue weighted by molar-refractivity contribution is 5.95. The maximum absolute atomic E-state index is 12.0. The average molecular weight is 420 g/mol. The van der Waals surface area contributed by atoms with Crippen molar-refractivity contribution in [3.63, 3.8) is 0 Å². The van der Waals surface area contributed by atoms with E-state index in [1.54, 1.807) is 49.7 Å². The molecule has 0 saturated carbocycles. The number of ketones is 1. The highest BCUT2D eigenvalue weighted by atomic mass is 16.5. The number of aromatic nitrogens is 1. The quantitative estimate of drug-likeness (QED) is 0.496. The third kappa shape index (κ3) is 6.57. The lowest BCUT2D eigenvalue weighted by molar-refractivity contribution is -0.123. The molecule has 1 amide bonds. The number of rotatable bonds is 10. The van der Waals surface area contributed by atoms with Gasteiger partial charge >= 0.3 is 0 Å². The van der Waals surface area contributed by atoms with Gasteiger partial charge in [0, 0.05) is 36.9 Å². The number of pyridine rings is 1. The van der Waals surface area contributed by atoms with E-state index in [-0.39, 0.29) is 18.3 Å². The Morgan fingerprint density at radius 3 is 2.42 bits per heavy atom. The smallest absolute Gasteiger partial charge is 0.258 e. The second-order valence-electron chi connectivity index (χ2n) is 6.65. The monoisotopic (exact) mass is 420 g/mol. The number of nitrogens with one attached hydrogen (secondary N) is 1. The van der Waals surface area contributed by atoms with Gasteiger partial charge in [-0.1, -0.05) is 19.1 Å². The number of carbonyl (C=O) groups excluding carboxylic acids is 2. The third-order valence-electron chi connectivity index (χ3n) is 4.42. The lowest BCUT2D eigenvalue weighted by Gasteiger charge is -2.09. The normalized spacial score (nSPS) is 10.3. The molecule has 0 aliphatic heterocycles. The molecule has 0 bridgehead atoms. The molecule has 0 aliphatic rings. The zero-order valence-electron chi connectivity index (χ0n) is 17.5. The number of methoxy groups -OCH3 is 1. The van der Waals surface area contributed by atoms with Crippen LogP contribution in [-0.4, -0.2) is 30.4 Å². The summed E-state index contributed by atoms with van der Waals surface area (Å²) in [5.41, 5.74) is 1.46. The average Bonchev–Trinajstić information content (AvgIpc) is 2.82. The Bertz CT molecular complexity index is 1020. The minimum Gasteiger partial charge on any atom is -0.497 e. The molecule has 1 aromatic heterocycles. The van der Waals surface area contributed by atoms with Gasteiger partial charge in [-0.25, -0.2) is 4.98 Å². The van der Waals surface area contributed by atoms with Crippen LogP contribution in [0.4, 0.5) is 0 Å². The van der Waals surface area contributed by atoms with Crippen molar-refractivity contribution in [2.75, 3.05) is 13.7 Å². The summed E-state index contributed by atoms with van der Waals surface area (Å²) in [6, 6.07) is 17.6. The molecule has 0 spiro atoms. The number of Topliss-reactive ketones (excluding diaryl/α,β-unsaturated/α-hetero) is 1. The minimum absolute atomic E-state index is 0.0674. The molecule has 0 saturated heterocycles. The van der Waals surface area contributed by atoms with E-state index in [9.17, 15) is 9.59 Å². The van der Waals surface area contributed by atoms with E-state index >= 15 is 0 Å². The summed E-state index contributed by atoms with van der Waals surface area (Å²) in [6.45, 7) is 2.01. The highest BCUT2D eigenvalue weighted by Gasteiger charge is 2.06. The van der Waals surface area contributed by atoms with Crippen molar-refractivity contribution in [1.29, 1.82) is 0 Å². The van der Waals surface area contributed by atoms with Crippen LogP contribution >= 0.6 is 0 Å². The van der Waals surface area contributed by atoms with Gasteiger partial charge in [-0.05, 0) is 42.0 Å². The molecule has 7 heteroatoms. The largest absolute Gasteiger partial charge is 0.497 e. The number of ether oxygens (including phenoxy) is 3. The molecule has 0 fully saturated rings. The lowest BCUT2D eigenvalue weighted by atomic mass is 10.1. The summed E-state index contributed by atoms with van der Waals surface area (Å²) in [7, 11) is 1.59. The molecular weight excluding hydrogens is 396 g/mol. The zero-order valence-corrected chi connectivity index (χ0v) is 17.5. The first-order valence-electron chi connectivity index (χ1n) is 9.87. The van der Waals surface area contributed by atoms with Crippen LogP contribution in [-0.2, 0) is 11.3 Å². The first-order chi connectivity index (χ1) is 15.1. The molecule has 3 rings (SSSR count). The molecule has 160 valence electrons. The first-order valence-corrected chi connectivity index (χ1v) is 9.87. The molecule has 3 aromatic rings. The second kappa shape index (κ2) is 10.8. The van der Waals surface area contributed by atoms with Crippen molar-refractivity contribution in [3.8, 4) is 23.1 Å². The Hall–Kier alpha value is -3.87. The second-order valence-corrected chi connectivity index (χ2v) is 6.65. The predicted molar refractivity (Wildman–Crippen MR) is 116 cm³/mol. The van der Waals surface area contributed by atoms with Gasteiger partial charge in [0.15, 0.2) is 12.4 Å². The van der Waals surface area contributed by atoms with Crippen LogP contribution in [0.2, 0.25) is 0 Å². The number of nitrogens with zero attached hydrogens (tertiary/aromatic N) is 1. The van der Waals surface area contributed by atoms with Crippen molar-refractivity contribution >= 4 is 11.7 Å². The van der Waals surface area contributed by atoms with Crippen LogP contribution < -0.4 is 19.5 Å². The molecule has 0 radical (unpaired) electrons. The summed E-state index contributed by atoms with van der Waals surface area (Å²) >= 11 is 0. The molecule has 0 aliphatic carbocycles. The van der Waals surface area contributed by atoms with Gasteiger partial charge in [-0.2, -0.15) is 0 Å². The Labute approximate surface area is 181 Å². The van der Waals surface area contributed by atoms with Crippen LogP contribution in [0.5, 0.6) is 23.1 Å². The lowest BCUT2D eigenvalue weighted by Crippen LogP contribution is -2.28. The summed E-state index contributed by atoms with van der Waals surface area (Å²) in [5.74, 6) is 2.10. The van der Waals surface area contributed by atoms with E-state index in [2.05, 4.69) is 10.3 Å². The summed E-state index contributed by atoms with van der Waals surface area (Å²) in [5, 5.41) is 2.78. The Morgan fingerprint density at radius 2 is 1.74 bits per heavy atom. The first kappa shape index (κ1) is 21.8. The van der Waals surface area contributed by atoms with Gasteiger partial charge < -0.3 is 19.5 Å². The van der Waals surface area contributed by atoms with Crippen LogP contribution in [0, 0.1) is 0 Å². The number of amides is 1. The topological polar surface area (TPSA) is 86.8 Å². The molecule has 0 unspecified atom stereocenters. The minimum atomic E-state index is -0.259. The molecule has 0 atom stereocenters. The Kier molecular flexibility index (Phi) is 7.59. The van der Waals surface area contributed by atoms with Gasteiger partial charge in [-0.3, -0.25) is 9.59 Å². The van der Waals surface area contributed by atoms with Gasteiger partial charge in [0.2, 0.25) is 5.88 Å². The SMILES string of the molecule is CCC(=O)c1ccc(OCC(=O)NCc2ccc(Oc3cccc(OC)c3)nc2)cc1. The number of benzene rings is 2. The van der Waals surface area contributed by atoms with Crippen LogP contribution in [0.15, 0.2) is 66.9 Å². The fraction of sp³-hybridized carbons (Fsp3) is 0.208. The molecule has 2 aromatic carbocycles. The van der Waals surface area contributed by atoms with E-state index < -0.39 is 0 Å². The van der Waals surface area contributed by atoms with Crippen LogP contribution in [0.3, 0.4) is 0 Å². The van der Waals surface area contributed by atoms with Crippen molar-refractivity contribution in [1.82, 2.24) is 10.3 Å². The fourth-order valence-electron chi connectivity index (χ4n) is 2.70. The van der Waals surface area contributed by atoms with Crippen molar-refractivity contribution < 1.29 is 23.8 Å². The predicted octanol–water partition coefficient (Wildman–Crippen LogP) is 4.17. The molecule has 7 nitrogen and oxygen atoms in total. The third-order valence-corrected chi connectivity index (χ3v) is 4.42. The van der Waals surface area contributed by atoms with E-state index in [0.717, 1.165) is 5.56 Å². The Balaban J connectivity index is 1.44. The summed E-state index contributed by atoms with van der Waals surface area (Å²) in [6.07, 6.45) is 2.09. The standard InChI is InChI=1S/C24H24N2O5/c1-3-22(27)18-8-10-19(11-9-18)30-16-23(28)25-14-17-7-12-24(26-15-17)31-21-6-4-5-20(13-21)29-2/h4-13,15H,3,14,16H2,1-2H3,(H,25,28). The van der Waals surface area contributed by atoms with E-state index in [0.29, 0.717) is 41.7 Å². The summed E-state index contributed by atoms with van der Waals surface area (Å²) < 4.78 is 16.3. The van der Waals surface area contributed by atoms with E-state index in [1.165, 1.54) is 0 Å². The van der Waals surface area contributed by atoms with Crippen molar-refractivity contribution in [2.24, 2.45) is 0 Å². The van der Waals surface area contributed by atoms with Gasteiger partial charge in [0.05, 0.1) is 7.11 Å². The van der Waals surface area contributed by atoms with Gasteiger partial charge in [0.1, 0.15) is 17.2 Å². The van der Waals surface area contributed by atoms with E-state index in [4.69, 9.17) is 14.2 Å². The Morgan fingerprint density at radius 1 is 0.968 bits per heavy atom. The van der Waals surface area contributed by atoms with Gasteiger partial charge in [-0.15, -0.1) is 0 Å². The molecular formula is C24H24N2O5. The molecule has 1 heterocycles. The highest BCUT2D eigenvalue weighted by Crippen LogP contribution is 2.23. The van der Waals surface area contributed by atoms with Crippen molar-refractivity contribution in [2.45, 2.75) is 19.9 Å². The molecule has 1 N–H and O–H groups in total. The maximum atomic E-state index is 12.0. The number of carbonyl (C=O) groups is 2. The summed E-state index contributed by atoms with van der Waals surface area (Å²) in [4.78, 5) is 27.9. The van der Waals surface area contributed by atoms with E-state index in [1.807, 2.05) is 31.2 Å². The fourth-order valence-corrected chi connectivity index (χ4v) is 2.70. The maximum Gasteiger partial charge on any atom is 0.258 e. The van der Waals surface area contributed by atoms with Crippen LogP contribution in [0.1, 0.15) is 29.3 Å².